The molecule has 0 saturated carbocycles. The summed E-state index contributed by atoms with van der Waals surface area (Å²) >= 11 is 0. The van der Waals surface area contributed by atoms with Crippen molar-refractivity contribution >= 4 is 69.8 Å². The average molecular weight is 901 g/mol. The Bertz CT molecular complexity index is 1140. The van der Waals surface area contributed by atoms with E-state index < -0.39 is 20.2 Å². The van der Waals surface area contributed by atoms with Gasteiger partial charge in [-0.05, 0) is 89.9 Å². The molecule has 2 amide bonds. The molecule has 0 rings (SSSR count). The molecular weight excluding hydrogens is 813 g/mol. The predicted octanol–water partition coefficient (Wildman–Crippen LogP) is 11.2. The van der Waals surface area contributed by atoms with Crippen LogP contribution in [0.1, 0.15) is 219 Å². The minimum Gasteiger partial charge on any atom is -0.748 e. The van der Waals surface area contributed by atoms with E-state index in [0.29, 0.717) is 51.6 Å². The zero-order valence-electron chi connectivity index (χ0n) is 38.4. The molecule has 0 radical (unpaired) electrons. The number of unbranched alkanes of at least 4 members (excludes halogenated alkanes) is 24. The molecule has 0 N–H and O–H groups in total. The van der Waals surface area contributed by atoms with Crippen LogP contribution in [0.5, 0.6) is 0 Å². The predicted molar refractivity (Wildman–Crippen MR) is 248 cm³/mol. The van der Waals surface area contributed by atoms with Gasteiger partial charge in [0.05, 0.1) is 20.2 Å². The number of allylic oxidation sites excluding steroid dienone is 4. The third-order valence-electron chi connectivity index (χ3n) is 10.4. The van der Waals surface area contributed by atoms with Gasteiger partial charge in [0.15, 0.2) is 0 Å². The van der Waals surface area contributed by atoms with Gasteiger partial charge in [-0.25, -0.2) is 16.8 Å². The van der Waals surface area contributed by atoms with Gasteiger partial charge in [-0.2, -0.15) is 0 Å². The number of rotatable bonds is 40. The summed E-state index contributed by atoms with van der Waals surface area (Å²) in [5, 5.41) is 0. The molecule has 10 nitrogen and oxygen atoms in total. The van der Waals surface area contributed by atoms with E-state index in [0.717, 1.165) is 38.5 Å². The van der Waals surface area contributed by atoms with E-state index in [2.05, 4.69) is 38.2 Å². The van der Waals surface area contributed by atoms with Gasteiger partial charge in [-0.1, -0.05) is 141 Å². The van der Waals surface area contributed by atoms with E-state index in [-0.39, 0.29) is 61.1 Å². The molecule has 0 aliphatic carbocycles. The zero-order chi connectivity index (χ0) is 43.6. The summed E-state index contributed by atoms with van der Waals surface area (Å²) in [6.07, 6.45) is 44.4. The molecule has 59 heavy (non-hydrogen) atoms. The van der Waals surface area contributed by atoms with E-state index >= 15 is 0 Å². The third kappa shape index (κ3) is 53.6. The Morgan fingerprint density at radius 2 is 0.661 bits per heavy atom. The summed E-state index contributed by atoms with van der Waals surface area (Å²) in [5.41, 5.74) is 0. The van der Waals surface area contributed by atoms with Crippen LogP contribution >= 0.6 is 0 Å². The molecular formula is C46H88CaN2O8S2. The average Bonchev–Trinajstić information content (AvgIpc) is 3.17. The van der Waals surface area contributed by atoms with Crippen molar-refractivity contribution in [2.24, 2.45) is 0 Å². The van der Waals surface area contributed by atoms with Gasteiger partial charge in [0, 0.05) is 51.5 Å². The monoisotopic (exact) mass is 901 g/mol. The van der Waals surface area contributed by atoms with Crippen LogP contribution in [-0.4, -0.2) is 124 Å². The first-order valence-corrected chi connectivity index (χ1v) is 26.5. The first-order valence-electron chi connectivity index (χ1n) is 23.4. The van der Waals surface area contributed by atoms with Gasteiger partial charge in [-0.15, -0.1) is 0 Å². The van der Waals surface area contributed by atoms with Gasteiger partial charge in [0.1, 0.15) is 0 Å². The fourth-order valence-corrected chi connectivity index (χ4v) is 7.70. The fourth-order valence-electron chi connectivity index (χ4n) is 6.58. The smallest absolute Gasteiger partial charge is 0.748 e. The van der Waals surface area contributed by atoms with Crippen molar-refractivity contribution in [2.75, 3.05) is 38.7 Å². The first kappa shape index (κ1) is 62.8. The maximum Gasteiger partial charge on any atom is 2.00 e. The Labute approximate surface area is 394 Å². The van der Waals surface area contributed by atoms with Crippen LogP contribution in [-0.2, 0) is 29.8 Å². The van der Waals surface area contributed by atoms with Crippen LogP contribution in [0.2, 0.25) is 0 Å². The topological polar surface area (TPSA) is 155 Å². The van der Waals surface area contributed by atoms with Gasteiger partial charge in [0.25, 0.3) is 0 Å². The van der Waals surface area contributed by atoms with Crippen molar-refractivity contribution < 1.29 is 35.5 Å². The molecule has 0 heterocycles. The number of carbonyl (C=O) groups is 2. The molecule has 0 saturated heterocycles. The van der Waals surface area contributed by atoms with Crippen molar-refractivity contribution in [2.45, 2.75) is 219 Å². The number of amides is 2. The third-order valence-corrected chi connectivity index (χ3v) is 12.0. The summed E-state index contributed by atoms with van der Waals surface area (Å²) in [4.78, 5) is 27.3. The normalized spacial score (nSPS) is 11.8. The molecule has 13 heteroatoms. The zero-order valence-corrected chi connectivity index (χ0v) is 42.3. The van der Waals surface area contributed by atoms with Gasteiger partial charge in [-0.3, -0.25) is 9.59 Å². The summed E-state index contributed by atoms with van der Waals surface area (Å²) in [6, 6.07) is 0. The molecule has 0 spiro atoms. The standard InChI is InChI=1S/2C23H45NO4S.Ca/c2*1-3-4-5-6-7-8-9-10-11-12-13-14-15-16-17-20-23(25)24(2)21-18-19-22-29(26,27)28;/h2*10-11H,3-9,12-22H2,1-2H3,(H,26,27,28);/q;;+2/p-2/b2*11-10-;. The van der Waals surface area contributed by atoms with Crippen molar-refractivity contribution in [1.82, 2.24) is 9.80 Å². The van der Waals surface area contributed by atoms with Crippen LogP contribution in [0.3, 0.4) is 0 Å². The molecule has 0 atom stereocenters. The van der Waals surface area contributed by atoms with E-state index in [1.54, 1.807) is 23.9 Å². The van der Waals surface area contributed by atoms with Crippen LogP contribution in [0.25, 0.3) is 0 Å². The van der Waals surface area contributed by atoms with E-state index in [9.17, 15) is 35.5 Å². The van der Waals surface area contributed by atoms with Crippen molar-refractivity contribution in [3.8, 4) is 0 Å². The molecule has 0 fully saturated rings. The molecule has 0 aliphatic heterocycles. The van der Waals surface area contributed by atoms with Gasteiger partial charge >= 0.3 is 37.7 Å². The SMILES string of the molecule is CCCCCCCC/C=C\CCCCCCCC(=O)N(C)CCCCS(=O)(=O)[O-].CCCCCCCC/C=C\CCCCCCCC(=O)N(C)CCCCS(=O)(=O)[O-].[Ca+2]. The first-order chi connectivity index (χ1) is 27.7. The van der Waals surface area contributed by atoms with E-state index in [4.69, 9.17) is 0 Å². The van der Waals surface area contributed by atoms with Crippen molar-refractivity contribution in [3.05, 3.63) is 24.3 Å². The van der Waals surface area contributed by atoms with Crippen LogP contribution in [0.4, 0.5) is 0 Å². The second kappa shape index (κ2) is 45.5. The van der Waals surface area contributed by atoms with E-state index in [1.807, 2.05) is 0 Å². The molecule has 0 unspecified atom stereocenters. The minimum absolute atomic E-state index is 0. The Morgan fingerprint density at radius 1 is 0.407 bits per heavy atom. The molecule has 344 valence electrons. The number of hydrogen-bond donors (Lipinski definition) is 0. The molecule has 0 aromatic carbocycles. The maximum atomic E-state index is 12.0. The second-order valence-electron chi connectivity index (χ2n) is 16.2. The molecule has 0 aliphatic rings. The molecule has 0 aromatic rings. The van der Waals surface area contributed by atoms with Crippen LogP contribution < -0.4 is 0 Å². The van der Waals surface area contributed by atoms with Crippen molar-refractivity contribution in [1.29, 1.82) is 0 Å². The molecule has 0 aromatic heterocycles. The largest absolute Gasteiger partial charge is 2.00 e. The number of nitrogens with zero attached hydrogens (tertiary/aromatic N) is 2. The minimum atomic E-state index is -4.14. The Hall–Kier alpha value is -0.500. The number of hydrogen-bond acceptors (Lipinski definition) is 8. The van der Waals surface area contributed by atoms with Gasteiger partial charge in [0.2, 0.25) is 11.8 Å². The summed E-state index contributed by atoms with van der Waals surface area (Å²) in [5.74, 6) is -0.479. The summed E-state index contributed by atoms with van der Waals surface area (Å²) < 4.78 is 63.2. The van der Waals surface area contributed by atoms with Crippen molar-refractivity contribution in [3.63, 3.8) is 0 Å². The quantitative estimate of drug-likeness (QED) is 0.0255. The Kier molecular flexibility index (Phi) is 48.4. The molecule has 0 bridgehead atoms. The Balaban J connectivity index is -0.00000105. The van der Waals surface area contributed by atoms with Crippen LogP contribution in [0, 0.1) is 0 Å². The summed E-state index contributed by atoms with van der Waals surface area (Å²) in [6.45, 7) is 5.53. The second-order valence-corrected chi connectivity index (χ2v) is 19.3. The summed E-state index contributed by atoms with van der Waals surface area (Å²) in [7, 11) is -4.79. The van der Waals surface area contributed by atoms with Crippen LogP contribution in [0.15, 0.2) is 24.3 Å². The number of carbonyl (C=O) groups excluding carboxylic acids is 2. The Morgan fingerprint density at radius 3 is 0.932 bits per heavy atom. The fraction of sp³-hybridized carbons (Fsp3) is 0.870. The maximum absolute atomic E-state index is 12.0. The van der Waals surface area contributed by atoms with Gasteiger partial charge < -0.3 is 18.9 Å². The van der Waals surface area contributed by atoms with E-state index in [1.165, 1.54) is 128 Å².